The van der Waals surface area contributed by atoms with Crippen LogP contribution in [0.5, 0.6) is 0 Å². The van der Waals surface area contributed by atoms with Crippen molar-refractivity contribution in [2.45, 2.75) is 53.4 Å². The summed E-state index contributed by atoms with van der Waals surface area (Å²) in [5, 5.41) is 9.87. The summed E-state index contributed by atoms with van der Waals surface area (Å²) in [5.74, 6) is -0.208. The zero-order chi connectivity index (χ0) is 21.2. The van der Waals surface area contributed by atoms with Crippen LogP contribution in [0, 0.1) is 31.1 Å². The molecule has 0 aliphatic carbocycles. The van der Waals surface area contributed by atoms with E-state index in [1.54, 1.807) is 0 Å². The van der Waals surface area contributed by atoms with E-state index in [1.807, 2.05) is 62.4 Å². The third-order valence-corrected chi connectivity index (χ3v) is 5.42. The second-order valence-corrected chi connectivity index (χ2v) is 7.54. The van der Waals surface area contributed by atoms with Gasteiger partial charge >= 0.3 is 5.97 Å². The topological polar surface area (TPSA) is 50.1 Å². The Bertz CT molecular complexity index is 891. The number of carbonyl (C=O) groups excluding carboxylic acids is 1. The van der Waals surface area contributed by atoms with Crippen LogP contribution in [-0.4, -0.2) is 12.6 Å². The zero-order valence-corrected chi connectivity index (χ0v) is 18.0. The highest BCUT2D eigenvalue weighted by Crippen LogP contribution is 2.29. The Hall–Kier alpha value is -2.86. The largest absolute Gasteiger partial charge is 0.461 e. The molecule has 0 heterocycles. The Morgan fingerprint density at radius 1 is 1.03 bits per heavy atom. The van der Waals surface area contributed by atoms with Gasteiger partial charge in [0.25, 0.3) is 0 Å². The molecule has 3 heteroatoms. The lowest BCUT2D eigenvalue weighted by Crippen LogP contribution is -2.16. The van der Waals surface area contributed by atoms with Crippen molar-refractivity contribution in [1.29, 1.82) is 5.26 Å². The SMILES string of the molecule is CCCCC(CC)COC(=O)C(C#N)=C(c1ccccc1)c1ccc(C)c(C)c1. The smallest absolute Gasteiger partial charge is 0.349 e. The summed E-state index contributed by atoms with van der Waals surface area (Å²) >= 11 is 0. The number of rotatable bonds is 9. The predicted molar refractivity (Wildman–Crippen MR) is 118 cm³/mol. The Balaban J connectivity index is 2.42. The van der Waals surface area contributed by atoms with Crippen molar-refractivity contribution in [3.8, 4) is 6.07 Å². The summed E-state index contributed by atoms with van der Waals surface area (Å²) < 4.78 is 5.60. The number of nitrogens with zero attached hydrogens (tertiary/aromatic N) is 1. The van der Waals surface area contributed by atoms with Crippen LogP contribution >= 0.6 is 0 Å². The fourth-order valence-electron chi connectivity index (χ4n) is 3.32. The third kappa shape index (κ3) is 6.06. The number of hydrogen-bond donors (Lipinski definition) is 0. The normalized spacial score (nSPS) is 12.7. The van der Waals surface area contributed by atoms with E-state index in [2.05, 4.69) is 19.9 Å². The van der Waals surface area contributed by atoms with Gasteiger partial charge in [0.1, 0.15) is 11.6 Å². The molecule has 2 aromatic carbocycles. The van der Waals surface area contributed by atoms with Gasteiger partial charge in [-0.3, -0.25) is 0 Å². The minimum Gasteiger partial charge on any atom is -0.461 e. The van der Waals surface area contributed by atoms with Crippen molar-refractivity contribution >= 4 is 11.5 Å². The molecule has 0 bridgehead atoms. The van der Waals surface area contributed by atoms with Gasteiger partial charge in [0.2, 0.25) is 0 Å². The fraction of sp³-hybridized carbons (Fsp3) is 0.385. The van der Waals surface area contributed by atoms with Crippen molar-refractivity contribution in [3.63, 3.8) is 0 Å². The molecule has 0 saturated carbocycles. The highest BCUT2D eigenvalue weighted by molar-refractivity contribution is 6.05. The fourth-order valence-corrected chi connectivity index (χ4v) is 3.32. The molecule has 3 nitrogen and oxygen atoms in total. The van der Waals surface area contributed by atoms with Crippen LogP contribution in [-0.2, 0) is 9.53 Å². The summed E-state index contributed by atoms with van der Waals surface area (Å²) in [6.45, 7) is 8.71. The highest BCUT2D eigenvalue weighted by atomic mass is 16.5. The first-order chi connectivity index (χ1) is 14.0. The van der Waals surface area contributed by atoms with Crippen molar-refractivity contribution < 1.29 is 9.53 Å². The van der Waals surface area contributed by atoms with Crippen molar-refractivity contribution in [2.75, 3.05) is 6.61 Å². The summed E-state index contributed by atoms with van der Waals surface area (Å²) in [5.41, 5.74) is 4.66. The lowest BCUT2D eigenvalue weighted by atomic mass is 9.91. The molecule has 0 aliphatic rings. The number of esters is 1. The van der Waals surface area contributed by atoms with E-state index in [0.717, 1.165) is 42.4 Å². The standard InChI is InChI=1S/C26H31NO2/c1-5-7-11-21(6-2)18-29-26(28)24(17-27)25(22-12-9-8-10-13-22)23-15-14-19(3)20(4)16-23/h8-10,12-16,21H,5-7,11,18H2,1-4H3. The monoisotopic (exact) mass is 389 g/mol. The molecule has 2 aromatic rings. The minimum atomic E-state index is -0.542. The molecule has 0 N–H and O–H groups in total. The lowest BCUT2D eigenvalue weighted by molar-refractivity contribution is -0.139. The predicted octanol–water partition coefficient (Wildman–Crippen LogP) is 6.39. The molecule has 1 unspecified atom stereocenters. The summed E-state index contributed by atoms with van der Waals surface area (Å²) in [7, 11) is 0. The van der Waals surface area contributed by atoms with Crippen LogP contribution in [0.1, 0.15) is 61.8 Å². The summed E-state index contributed by atoms with van der Waals surface area (Å²) in [6.07, 6.45) is 4.24. The summed E-state index contributed by atoms with van der Waals surface area (Å²) in [6, 6.07) is 17.7. The zero-order valence-electron chi connectivity index (χ0n) is 18.0. The first-order valence-corrected chi connectivity index (χ1v) is 10.5. The van der Waals surface area contributed by atoms with E-state index in [9.17, 15) is 10.1 Å². The van der Waals surface area contributed by atoms with E-state index < -0.39 is 5.97 Å². The number of hydrogen-bond acceptors (Lipinski definition) is 3. The van der Waals surface area contributed by atoms with E-state index in [1.165, 1.54) is 5.56 Å². The van der Waals surface area contributed by atoms with Crippen LogP contribution < -0.4 is 0 Å². The van der Waals surface area contributed by atoms with Gasteiger partial charge in [-0.25, -0.2) is 4.79 Å². The Morgan fingerprint density at radius 2 is 1.76 bits per heavy atom. The highest BCUT2D eigenvalue weighted by Gasteiger charge is 2.21. The van der Waals surface area contributed by atoms with Crippen LogP contribution in [0.2, 0.25) is 0 Å². The number of ether oxygens (including phenoxy) is 1. The van der Waals surface area contributed by atoms with Crippen molar-refractivity contribution in [1.82, 2.24) is 0 Å². The molecule has 0 aliphatic heterocycles. The number of aryl methyl sites for hydroxylation is 2. The van der Waals surface area contributed by atoms with E-state index in [-0.39, 0.29) is 5.57 Å². The van der Waals surface area contributed by atoms with Crippen LogP contribution in [0.4, 0.5) is 0 Å². The van der Waals surface area contributed by atoms with Gasteiger partial charge in [-0.1, -0.05) is 81.6 Å². The van der Waals surface area contributed by atoms with Gasteiger partial charge in [-0.2, -0.15) is 5.26 Å². The molecule has 0 fully saturated rings. The van der Waals surface area contributed by atoms with Crippen LogP contribution in [0.15, 0.2) is 54.1 Å². The average Bonchev–Trinajstić information content (AvgIpc) is 2.74. The van der Waals surface area contributed by atoms with Gasteiger partial charge in [0, 0.05) is 5.57 Å². The number of benzene rings is 2. The average molecular weight is 390 g/mol. The molecule has 152 valence electrons. The molecule has 0 spiro atoms. The van der Waals surface area contributed by atoms with Crippen molar-refractivity contribution in [2.24, 2.45) is 5.92 Å². The number of nitriles is 1. The Morgan fingerprint density at radius 3 is 2.34 bits per heavy atom. The maximum absolute atomic E-state index is 12.9. The van der Waals surface area contributed by atoms with Gasteiger partial charge in [-0.05, 0) is 48.4 Å². The minimum absolute atomic E-state index is 0.0600. The molecule has 0 radical (unpaired) electrons. The Kier molecular flexibility index (Phi) is 8.68. The number of carbonyl (C=O) groups is 1. The molecule has 1 atom stereocenters. The van der Waals surface area contributed by atoms with E-state index >= 15 is 0 Å². The van der Waals surface area contributed by atoms with E-state index in [4.69, 9.17) is 4.74 Å². The second kappa shape index (κ2) is 11.2. The van der Waals surface area contributed by atoms with E-state index in [0.29, 0.717) is 18.1 Å². The van der Waals surface area contributed by atoms with Gasteiger partial charge in [0.15, 0.2) is 0 Å². The lowest BCUT2D eigenvalue weighted by Gasteiger charge is -2.16. The van der Waals surface area contributed by atoms with Gasteiger partial charge < -0.3 is 4.74 Å². The molecular formula is C26H31NO2. The summed E-state index contributed by atoms with van der Waals surface area (Å²) in [4.78, 5) is 12.9. The number of unbranched alkanes of at least 4 members (excludes halogenated alkanes) is 1. The molecular weight excluding hydrogens is 358 g/mol. The molecule has 29 heavy (non-hydrogen) atoms. The molecule has 0 saturated heterocycles. The first-order valence-electron chi connectivity index (χ1n) is 10.5. The van der Waals surface area contributed by atoms with Crippen molar-refractivity contribution in [3.05, 3.63) is 76.4 Å². The molecule has 0 amide bonds. The molecule has 0 aromatic heterocycles. The second-order valence-electron chi connectivity index (χ2n) is 7.54. The Labute approximate surface area is 175 Å². The van der Waals surface area contributed by atoms with Gasteiger partial charge in [-0.15, -0.1) is 0 Å². The van der Waals surface area contributed by atoms with Gasteiger partial charge in [0.05, 0.1) is 6.61 Å². The van der Waals surface area contributed by atoms with Crippen LogP contribution in [0.3, 0.4) is 0 Å². The van der Waals surface area contributed by atoms with Crippen LogP contribution in [0.25, 0.3) is 5.57 Å². The first kappa shape index (κ1) is 22.4. The molecule has 2 rings (SSSR count). The third-order valence-electron chi connectivity index (χ3n) is 5.42. The maximum Gasteiger partial charge on any atom is 0.349 e. The quantitative estimate of drug-likeness (QED) is 0.284. The maximum atomic E-state index is 12.9.